The fourth-order valence-electron chi connectivity index (χ4n) is 5.75. The maximum Gasteiger partial charge on any atom is 0.459 e. The Balaban J connectivity index is 0.000000272. The van der Waals surface area contributed by atoms with Gasteiger partial charge in [-0.25, -0.2) is 0 Å². The molecule has 0 aliphatic rings. The van der Waals surface area contributed by atoms with Gasteiger partial charge in [-0.1, -0.05) is 121 Å². The van der Waals surface area contributed by atoms with E-state index in [0.29, 0.717) is 0 Å². The molecule has 0 saturated heterocycles. The van der Waals surface area contributed by atoms with Crippen molar-refractivity contribution in [1.82, 2.24) is 4.57 Å². The van der Waals surface area contributed by atoms with Crippen LogP contribution in [0.5, 0.6) is 5.75 Å². The minimum absolute atomic E-state index is 0. The normalized spacial score (nSPS) is 12.5. The first-order valence-corrected chi connectivity index (χ1v) is 17.4. The van der Waals surface area contributed by atoms with E-state index in [0.717, 1.165) is 22.0 Å². The maximum atomic E-state index is 13.9. The van der Waals surface area contributed by atoms with Crippen LogP contribution in [0.4, 0.5) is 43.9 Å². The molecule has 6 aromatic rings. The molecule has 0 atom stereocenters. The van der Waals surface area contributed by atoms with Gasteiger partial charge < -0.3 is 14.2 Å². The van der Waals surface area contributed by atoms with Crippen molar-refractivity contribution in [2.75, 3.05) is 0 Å². The molecule has 0 spiro atoms. The van der Waals surface area contributed by atoms with Gasteiger partial charge in [-0.3, -0.25) is 9.59 Å². The molecule has 0 amide bonds. The SMILES string of the molecule is O=C(c1c(O)c2ccc3ccccc3c2n(CCC(F)(F)C(F)(F)C(F)(F)F)c1=O)C(F)(F)F.O=P(c1ccccc1)(c1ccccc1)c1ccccc1.[Eu]. The second kappa shape index (κ2) is 16.7. The minimum Gasteiger partial charge on any atom is -0.506 e. The first-order valence-electron chi connectivity index (χ1n) is 15.7. The quantitative estimate of drug-likeness (QED) is 0.0716. The van der Waals surface area contributed by atoms with Crippen LogP contribution in [-0.4, -0.2) is 39.7 Å². The Bertz CT molecular complexity index is 2300. The number of fused-ring (bicyclic) bond motifs is 3. The van der Waals surface area contributed by atoms with E-state index in [1.54, 1.807) is 0 Å². The number of rotatable bonds is 8. The smallest absolute Gasteiger partial charge is 0.459 e. The summed E-state index contributed by atoms with van der Waals surface area (Å²) < 4.78 is 145. The number of Topliss-reactive ketones (excluding diaryl/α,β-unsaturated/α-hetero) is 1. The van der Waals surface area contributed by atoms with E-state index < -0.39 is 77.9 Å². The number of nitrogens with zero attached hydrogens (tertiary/aromatic N) is 1. The zero-order chi connectivity index (χ0) is 39.7. The molecule has 0 bridgehead atoms. The zero-order valence-corrected chi connectivity index (χ0v) is 31.1. The summed E-state index contributed by atoms with van der Waals surface area (Å²) in [7, 11) is -2.78. The van der Waals surface area contributed by atoms with E-state index >= 15 is 0 Å². The molecule has 1 aromatic heterocycles. The number of aromatic nitrogens is 1. The van der Waals surface area contributed by atoms with Crippen molar-refractivity contribution in [2.45, 2.75) is 37.2 Å². The molecule has 289 valence electrons. The summed E-state index contributed by atoms with van der Waals surface area (Å²) in [5.41, 5.74) is -4.42. The van der Waals surface area contributed by atoms with Gasteiger partial charge in [0.1, 0.15) is 11.3 Å². The van der Waals surface area contributed by atoms with Gasteiger partial charge in [-0.2, -0.15) is 43.9 Å². The molecule has 17 heteroatoms. The Morgan fingerprint density at radius 2 is 1.05 bits per heavy atom. The van der Waals surface area contributed by atoms with Crippen LogP contribution in [0.3, 0.4) is 0 Å². The molecule has 6 rings (SSSR count). The summed E-state index contributed by atoms with van der Waals surface area (Å²) >= 11 is 0. The standard InChI is InChI=1S/C20H11F10NO3.C18H15OP.Eu/c21-17(22,19(26,27)20(28,29)30)7-8-31-13-10-4-2-1-3-9(10)5-6-11(13)14(32)12(16(31)34)15(33)18(23,24)25;19-20(16-10-4-1-5-11-16,17-12-6-2-7-13-17)18-14-8-3-9-15-18;/h1-6,32H,7-8H2;1-15H;. The molecule has 1 radical (unpaired) electrons. The number of ketones is 1. The first kappa shape index (κ1) is 43.9. The fraction of sp³-hybridized carbons (Fsp3) is 0.158. The number of carbonyl (C=O) groups is 1. The van der Waals surface area contributed by atoms with Crippen LogP contribution in [0.15, 0.2) is 132 Å². The van der Waals surface area contributed by atoms with Crippen LogP contribution in [-0.2, 0) is 11.1 Å². The van der Waals surface area contributed by atoms with Gasteiger partial charge in [-0.15, -0.1) is 0 Å². The third kappa shape index (κ3) is 8.62. The van der Waals surface area contributed by atoms with Gasteiger partial charge in [0.2, 0.25) is 0 Å². The van der Waals surface area contributed by atoms with Crippen LogP contribution >= 0.6 is 7.14 Å². The van der Waals surface area contributed by atoms with Crippen molar-refractivity contribution in [3.63, 3.8) is 0 Å². The Morgan fingerprint density at radius 1 is 0.618 bits per heavy atom. The van der Waals surface area contributed by atoms with E-state index in [-0.39, 0.29) is 64.7 Å². The average molecular weight is 934 g/mol. The van der Waals surface area contributed by atoms with E-state index in [4.69, 9.17) is 0 Å². The summed E-state index contributed by atoms with van der Waals surface area (Å²) in [4.78, 5) is 24.5. The minimum atomic E-state index is -6.66. The third-order valence-electron chi connectivity index (χ3n) is 8.43. The number of pyridine rings is 1. The molecular formula is C38H26EuF10NO4P. The maximum absolute atomic E-state index is 13.9. The summed E-state index contributed by atoms with van der Waals surface area (Å²) in [5, 5.41) is 12.5. The Morgan fingerprint density at radius 3 is 1.49 bits per heavy atom. The van der Waals surface area contributed by atoms with Crippen LogP contribution in [0.2, 0.25) is 0 Å². The molecule has 55 heavy (non-hydrogen) atoms. The Kier molecular flexibility index (Phi) is 13.3. The van der Waals surface area contributed by atoms with Crippen LogP contribution in [0.1, 0.15) is 16.8 Å². The van der Waals surface area contributed by atoms with Crippen LogP contribution in [0.25, 0.3) is 21.7 Å². The van der Waals surface area contributed by atoms with Gasteiger partial charge in [0.15, 0.2) is 7.14 Å². The summed E-state index contributed by atoms with van der Waals surface area (Å²) in [5.74, 6) is -16.6. The van der Waals surface area contributed by atoms with Crippen molar-refractivity contribution in [3.8, 4) is 5.75 Å². The largest absolute Gasteiger partial charge is 0.506 e. The second-order valence-corrected chi connectivity index (χ2v) is 14.6. The van der Waals surface area contributed by atoms with Crippen molar-refractivity contribution in [2.24, 2.45) is 0 Å². The Labute approximate surface area is 346 Å². The number of halogens is 10. The van der Waals surface area contributed by atoms with Gasteiger partial charge in [0.25, 0.3) is 11.3 Å². The third-order valence-corrected chi connectivity index (χ3v) is 11.5. The number of hydrogen-bond donors (Lipinski definition) is 1. The molecule has 0 saturated carbocycles. The van der Waals surface area contributed by atoms with Crippen LogP contribution < -0.4 is 21.5 Å². The van der Waals surface area contributed by atoms with Gasteiger partial charge in [-0.05, 0) is 11.5 Å². The number of hydrogen-bond acceptors (Lipinski definition) is 4. The molecular weight excluding hydrogens is 907 g/mol. The summed E-state index contributed by atoms with van der Waals surface area (Å²) in [6, 6.07) is 36.8. The molecule has 5 nitrogen and oxygen atoms in total. The molecule has 0 fully saturated rings. The molecule has 0 unspecified atom stereocenters. The van der Waals surface area contributed by atoms with E-state index in [9.17, 15) is 63.2 Å². The number of aromatic hydroxyl groups is 1. The Hall–Kier alpha value is -3.85. The zero-order valence-electron chi connectivity index (χ0n) is 27.8. The van der Waals surface area contributed by atoms with Crippen molar-refractivity contribution >= 4 is 50.5 Å². The van der Waals surface area contributed by atoms with E-state index in [1.807, 2.05) is 91.0 Å². The van der Waals surface area contributed by atoms with Gasteiger partial charge >= 0.3 is 24.2 Å². The number of benzene rings is 5. The van der Waals surface area contributed by atoms with Crippen molar-refractivity contribution in [3.05, 3.63) is 143 Å². The van der Waals surface area contributed by atoms with Gasteiger partial charge in [0.05, 0.1) is 5.52 Å². The summed E-state index contributed by atoms with van der Waals surface area (Å²) in [6.45, 7) is -1.64. The number of alkyl halides is 10. The van der Waals surface area contributed by atoms with E-state index in [2.05, 4.69) is 0 Å². The monoisotopic (exact) mass is 934 g/mol. The van der Waals surface area contributed by atoms with Crippen molar-refractivity contribution in [1.29, 1.82) is 0 Å². The first-order chi connectivity index (χ1) is 25.2. The number of aryl methyl sites for hydroxylation is 1. The topological polar surface area (TPSA) is 76.4 Å². The fourth-order valence-corrected chi connectivity index (χ4v) is 8.42. The van der Waals surface area contributed by atoms with E-state index in [1.165, 1.54) is 30.3 Å². The molecule has 0 aliphatic carbocycles. The summed E-state index contributed by atoms with van der Waals surface area (Å²) in [6.07, 6.45) is -14.7. The predicted molar refractivity (Wildman–Crippen MR) is 184 cm³/mol. The van der Waals surface area contributed by atoms with Gasteiger partial charge in [0, 0.05) is 89.0 Å². The molecule has 5 aromatic carbocycles. The molecule has 0 aliphatic heterocycles. The molecule has 1 heterocycles. The molecule has 1 N–H and O–H groups in total. The van der Waals surface area contributed by atoms with Crippen LogP contribution in [0, 0.1) is 49.4 Å². The predicted octanol–water partition coefficient (Wildman–Crippen LogP) is 9.15. The van der Waals surface area contributed by atoms with Crippen molar-refractivity contribution < 1.29 is 108 Å². The number of carbonyl (C=O) groups excluding carboxylic acids is 1. The second-order valence-electron chi connectivity index (χ2n) is 11.8. The average Bonchev–Trinajstić information content (AvgIpc) is 3.14.